The minimum Gasteiger partial charge on any atom is -0.312 e. The highest BCUT2D eigenvalue weighted by atomic mass is 32.2. The zero-order valence-electron chi connectivity index (χ0n) is 16.8. The summed E-state index contributed by atoms with van der Waals surface area (Å²) < 4.78 is 1.88. The molecule has 31 heavy (non-hydrogen) atoms. The molecule has 1 aliphatic carbocycles. The van der Waals surface area contributed by atoms with Crippen molar-refractivity contribution in [2.45, 2.75) is 10.9 Å². The Bertz CT molecular complexity index is 1250. The van der Waals surface area contributed by atoms with Crippen LogP contribution in [0.2, 0.25) is 0 Å². The molecule has 0 spiro atoms. The number of hydrogen-bond donors (Lipinski definition) is 1. The average Bonchev–Trinajstić information content (AvgIpc) is 3.37. The SMILES string of the molecule is Cn1cnnc1SCc1ccc(C(=O)NN=C2c3ccccc3-c3ccccc32)cc1. The highest BCUT2D eigenvalue weighted by Gasteiger charge is 2.24. The van der Waals surface area contributed by atoms with Crippen LogP contribution in [-0.4, -0.2) is 26.4 Å². The van der Waals surface area contributed by atoms with E-state index in [1.54, 1.807) is 18.1 Å². The van der Waals surface area contributed by atoms with E-state index in [0.29, 0.717) is 5.56 Å². The number of amides is 1. The van der Waals surface area contributed by atoms with Crippen molar-refractivity contribution in [2.24, 2.45) is 12.1 Å². The highest BCUT2D eigenvalue weighted by Crippen LogP contribution is 2.36. The van der Waals surface area contributed by atoms with E-state index in [-0.39, 0.29) is 5.91 Å². The van der Waals surface area contributed by atoms with Gasteiger partial charge in [0.1, 0.15) is 6.33 Å². The topological polar surface area (TPSA) is 72.2 Å². The van der Waals surface area contributed by atoms with Crippen molar-refractivity contribution in [1.82, 2.24) is 20.2 Å². The van der Waals surface area contributed by atoms with Crippen LogP contribution in [0, 0.1) is 0 Å². The largest absolute Gasteiger partial charge is 0.312 e. The number of aryl methyl sites for hydroxylation is 1. The summed E-state index contributed by atoms with van der Waals surface area (Å²) in [5, 5.41) is 13.3. The van der Waals surface area contributed by atoms with Gasteiger partial charge in [-0.15, -0.1) is 10.2 Å². The molecular formula is C24H19N5OS. The Labute approximate surface area is 184 Å². The van der Waals surface area contributed by atoms with Crippen LogP contribution >= 0.6 is 11.8 Å². The minimum absolute atomic E-state index is 0.234. The van der Waals surface area contributed by atoms with E-state index in [4.69, 9.17) is 0 Å². The maximum Gasteiger partial charge on any atom is 0.271 e. The number of carbonyl (C=O) groups is 1. The fraction of sp³-hybridized carbons (Fsp3) is 0.0833. The lowest BCUT2D eigenvalue weighted by Crippen LogP contribution is -2.20. The van der Waals surface area contributed by atoms with Crippen LogP contribution in [0.15, 0.2) is 89.4 Å². The number of aromatic nitrogens is 3. The van der Waals surface area contributed by atoms with Crippen molar-refractivity contribution in [2.75, 3.05) is 0 Å². The summed E-state index contributed by atoms with van der Waals surface area (Å²) >= 11 is 1.60. The number of thioether (sulfide) groups is 1. The van der Waals surface area contributed by atoms with Crippen molar-refractivity contribution < 1.29 is 4.79 Å². The molecule has 0 saturated heterocycles. The summed E-state index contributed by atoms with van der Waals surface area (Å²) in [7, 11) is 1.92. The Morgan fingerprint density at radius 3 is 2.13 bits per heavy atom. The first-order valence-electron chi connectivity index (χ1n) is 9.83. The standard InChI is InChI=1S/C24H19N5OS/c1-29-15-25-28-24(29)31-14-16-10-12-17(13-11-16)23(30)27-26-22-20-8-4-2-6-18(20)19-7-3-5-9-21(19)22/h2-13,15H,14H2,1H3,(H,27,30). The van der Waals surface area contributed by atoms with Gasteiger partial charge in [-0.25, -0.2) is 5.43 Å². The zero-order valence-corrected chi connectivity index (χ0v) is 17.6. The third-order valence-electron chi connectivity index (χ3n) is 5.18. The second-order valence-electron chi connectivity index (χ2n) is 7.20. The second kappa shape index (κ2) is 8.20. The number of nitrogens with zero attached hydrogens (tertiary/aromatic N) is 4. The lowest BCUT2D eigenvalue weighted by molar-refractivity contribution is 0.0955. The number of hydrazone groups is 1. The lowest BCUT2D eigenvalue weighted by atomic mass is 10.1. The molecule has 0 bridgehead atoms. The number of nitrogens with one attached hydrogen (secondary N) is 1. The number of rotatable bonds is 5. The van der Waals surface area contributed by atoms with Crippen LogP contribution in [0.3, 0.4) is 0 Å². The maximum atomic E-state index is 12.7. The van der Waals surface area contributed by atoms with E-state index in [0.717, 1.165) is 44.4 Å². The smallest absolute Gasteiger partial charge is 0.271 e. The molecule has 1 aromatic heterocycles. The van der Waals surface area contributed by atoms with Gasteiger partial charge >= 0.3 is 0 Å². The molecule has 6 nitrogen and oxygen atoms in total. The Kier molecular flexibility index (Phi) is 5.09. The molecule has 0 radical (unpaired) electrons. The van der Waals surface area contributed by atoms with Crippen molar-refractivity contribution >= 4 is 23.4 Å². The fourth-order valence-corrected chi connectivity index (χ4v) is 4.43. The van der Waals surface area contributed by atoms with Crippen molar-refractivity contribution in [3.05, 3.63) is 101 Å². The van der Waals surface area contributed by atoms with Gasteiger partial charge in [0.2, 0.25) is 0 Å². The summed E-state index contributed by atoms with van der Waals surface area (Å²) in [5.41, 5.74) is 9.51. The third kappa shape index (κ3) is 3.75. The molecule has 0 aliphatic heterocycles. The molecule has 0 saturated carbocycles. The molecule has 3 aromatic carbocycles. The van der Waals surface area contributed by atoms with Gasteiger partial charge in [-0.2, -0.15) is 5.10 Å². The highest BCUT2D eigenvalue weighted by molar-refractivity contribution is 7.98. The molecule has 0 fully saturated rings. The molecule has 1 heterocycles. The summed E-state index contributed by atoms with van der Waals surface area (Å²) in [5.74, 6) is 0.520. The number of fused-ring (bicyclic) bond motifs is 3. The molecule has 1 amide bonds. The molecule has 4 aromatic rings. The van der Waals surface area contributed by atoms with Crippen LogP contribution in [0.4, 0.5) is 0 Å². The lowest BCUT2D eigenvalue weighted by Gasteiger charge is -2.05. The van der Waals surface area contributed by atoms with E-state index < -0.39 is 0 Å². The minimum atomic E-state index is -0.234. The van der Waals surface area contributed by atoms with Gasteiger partial charge in [-0.05, 0) is 28.8 Å². The maximum absolute atomic E-state index is 12.7. The summed E-state index contributed by atoms with van der Waals surface area (Å²) in [6, 6.07) is 23.8. The predicted octanol–water partition coefficient (Wildman–Crippen LogP) is 4.27. The number of hydrogen-bond acceptors (Lipinski definition) is 5. The number of benzene rings is 3. The summed E-state index contributed by atoms with van der Waals surface area (Å²) in [6.45, 7) is 0. The average molecular weight is 426 g/mol. The van der Waals surface area contributed by atoms with Gasteiger partial charge in [0.05, 0.1) is 5.71 Å². The Morgan fingerprint density at radius 2 is 1.55 bits per heavy atom. The zero-order chi connectivity index (χ0) is 21.2. The van der Waals surface area contributed by atoms with Gasteiger partial charge in [-0.3, -0.25) is 4.79 Å². The van der Waals surface area contributed by atoms with Crippen LogP contribution in [-0.2, 0) is 12.8 Å². The quantitative estimate of drug-likeness (QED) is 0.337. The van der Waals surface area contributed by atoms with Gasteiger partial charge < -0.3 is 4.57 Å². The van der Waals surface area contributed by atoms with Crippen LogP contribution in [0.25, 0.3) is 11.1 Å². The van der Waals surface area contributed by atoms with E-state index >= 15 is 0 Å². The summed E-state index contributed by atoms with van der Waals surface area (Å²) in [4.78, 5) is 12.7. The third-order valence-corrected chi connectivity index (χ3v) is 6.28. The first-order valence-corrected chi connectivity index (χ1v) is 10.8. The second-order valence-corrected chi connectivity index (χ2v) is 8.15. The number of carbonyl (C=O) groups excluding carboxylic acids is 1. The van der Waals surface area contributed by atoms with Crippen molar-refractivity contribution in [1.29, 1.82) is 0 Å². The Morgan fingerprint density at radius 1 is 0.935 bits per heavy atom. The molecule has 1 N–H and O–H groups in total. The molecule has 0 atom stereocenters. The normalized spacial score (nSPS) is 11.7. The van der Waals surface area contributed by atoms with Crippen LogP contribution < -0.4 is 5.43 Å². The first-order chi connectivity index (χ1) is 15.2. The van der Waals surface area contributed by atoms with Gasteiger partial charge in [0.15, 0.2) is 5.16 Å². The summed E-state index contributed by atoms with van der Waals surface area (Å²) in [6.07, 6.45) is 1.68. The molecular weight excluding hydrogens is 406 g/mol. The van der Waals surface area contributed by atoms with E-state index in [1.165, 1.54) is 0 Å². The molecule has 5 rings (SSSR count). The molecule has 152 valence electrons. The van der Waals surface area contributed by atoms with Gasteiger partial charge in [0.25, 0.3) is 5.91 Å². The van der Waals surface area contributed by atoms with Crippen molar-refractivity contribution in [3.8, 4) is 11.1 Å². The Balaban J connectivity index is 1.30. The Hall–Kier alpha value is -3.71. The molecule has 7 heteroatoms. The monoisotopic (exact) mass is 425 g/mol. The van der Waals surface area contributed by atoms with Crippen molar-refractivity contribution in [3.63, 3.8) is 0 Å². The first kappa shape index (κ1) is 19.3. The fourth-order valence-electron chi connectivity index (χ4n) is 3.59. The molecule has 1 aliphatic rings. The predicted molar refractivity (Wildman–Crippen MR) is 122 cm³/mol. The van der Waals surface area contributed by atoms with E-state index in [2.05, 4.69) is 32.9 Å². The van der Waals surface area contributed by atoms with E-state index in [1.807, 2.05) is 72.3 Å². The van der Waals surface area contributed by atoms with Gasteiger partial charge in [0, 0.05) is 29.5 Å². The van der Waals surface area contributed by atoms with Gasteiger partial charge in [-0.1, -0.05) is 72.4 Å². The van der Waals surface area contributed by atoms with Crippen LogP contribution in [0.5, 0.6) is 0 Å². The molecule has 0 unspecified atom stereocenters. The van der Waals surface area contributed by atoms with Crippen LogP contribution in [0.1, 0.15) is 27.0 Å². The van der Waals surface area contributed by atoms with E-state index in [9.17, 15) is 4.79 Å².